The minimum Gasteiger partial charge on any atom is -0.478 e. The lowest BCUT2D eigenvalue weighted by Gasteiger charge is -2.08. The summed E-state index contributed by atoms with van der Waals surface area (Å²) in [5.41, 5.74) is -0.682. The molecule has 0 spiro atoms. The van der Waals surface area contributed by atoms with E-state index in [4.69, 9.17) is 5.11 Å². The van der Waals surface area contributed by atoms with E-state index in [0.29, 0.717) is 0 Å². The van der Waals surface area contributed by atoms with E-state index < -0.39 is 23.4 Å². The molecule has 0 fully saturated rings. The first kappa shape index (κ1) is 13.5. The Morgan fingerprint density at radius 2 is 2.17 bits per heavy atom. The lowest BCUT2D eigenvalue weighted by atomic mass is 10.1. The molecule has 3 N–H and O–H groups in total. The normalized spacial score (nSPS) is 9.00. The number of hydrogen-bond donors (Lipinski definition) is 3. The van der Waals surface area contributed by atoms with Crippen LogP contribution in [0.3, 0.4) is 0 Å². The summed E-state index contributed by atoms with van der Waals surface area (Å²) in [5, 5.41) is 13.5. The topological polar surface area (TPSA) is 78.4 Å². The Morgan fingerprint density at radius 1 is 1.44 bits per heavy atom. The van der Waals surface area contributed by atoms with Gasteiger partial charge in [-0.1, -0.05) is 12.0 Å². The van der Waals surface area contributed by atoms with E-state index in [1.807, 2.05) is 0 Å². The van der Waals surface area contributed by atoms with Crippen LogP contribution in [0.5, 0.6) is 0 Å². The molecule has 0 aliphatic heterocycles. The van der Waals surface area contributed by atoms with Crippen LogP contribution in [0, 0.1) is 17.7 Å². The molecule has 18 heavy (non-hydrogen) atoms. The molecule has 94 valence electrons. The van der Waals surface area contributed by atoms with Crippen molar-refractivity contribution in [2.75, 3.05) is 11.9 Å². The molecule has 6 heteroatoms. The molecule has 0 bridgehead atoms. The SMILES string of the molecule is CC#CCNC(=O)Nc1cccc(F)c1C(=O)O. The second-order valence-corrected chi connectivity index (χ2v) is 3.20. The van der Waals surface area contributed by atoms with Gasteiger partial charge in [0.25, 0.3) is 0 Å². The van der Waals surface area contributed by atoms with Crippen molar-refractivity contribution < 1.29 is 19.1 Å². The number of urea groups is 1. The van der Waals surface area contributed by atoms with Gasteiger partial charge in [0, 0.05) is 0 Å². The van der Waals surface area contributed by atoms with Crippen molar-refractivity contribution >= 4 is 17.7 Å². The third-order valence-electron chi connectivity index (χ3n) is 1.99. The number of amides is 2. The van der Waals surface area contributed by atoms with Gasteiger partial charge in [0.05, 0.1) is 12.2 Å². The van der Waals surface area contributed by atoms with Crippen molar-refractivity contribution in [3.8, 4) is 11.8 Å². The van der Waals surface area contributed by atoms with Gasteiger partial charge >= 0.3 is 12.0 Å². The number of rotatable bonds is 3. The summed E-state index contributed by atoms with van der Waals surface area (Å²) in [7, 11) is 0. The zero-order chi connectivity index (χ0) is 13.5. The Bertz CT molecular complexity index is 532. The number of hydrogen-bond acceptors (Lipinski definition) is 2. The maximum atomic E-state index is 13.3. The first-order valence-electron chi connectivity index (χ1n) is 5.02. The van der Waals surface area contributed by atoms with Gasteiger partial charge in [-0.2, -0.15) is 0 Å². The van der Waals surface area contributed by atoms with Crippen LogP contribution in [0.1, 0.15) is 17.3 Å². The molecule has 1 aromatic carbocycles. The number of anilines is 1. The molecule has 0 saturated heterocycles. The molecule has 0 unspecified atom stereocenters. The van der Waals surface area contributed by atoms with Crippen molar-refractivity contribution in [1.82, 2.24) is 5.32 Å². The number of benzene rings is 1. The highest BCUT2D eigenvalue weighted by Gasteiger charge is 2.16. The van der Waals surface area contributed by atoms with Crippen LogP contribution in [0.25, 0.3) is 0 Å². The summed E-state index contributed by atoms with van der Waals surface area (Å²) < 4.78 is 13.3. The Kier molecular flexibility index (Phi) is 4.69. The average Bonchev–Trinajstić information content (AvgIpc) is 2.28. The van der Waals surface area contributed by atoms with E-state index in [9.17, 15) is 14.0 Å². The molecule has 1 rings (SSSR count). The number of halogens is 1. The van der Waals surface area contributed by atoms with Crippen molar-refractivity contribution in [3.63, 3.8) is 0 Å². The monoisotopic (exact) mass is 250 g/mol. The van der Waals surface area contributed by atoms with Crippen molar-refractivity contribution in [3.05, 3.63) is 29.6 Å². The third-order valence-corrected chi connectivity index (χ3v) is 1.99. The second-order valence-electron chi connectivity index (χ2n) is 3.20. The molecule has 0 radical (unpaired) electrons. The van der Waals surface area contributed by atoms with Crippen LogP contribution in [0.2, 0.25) is 0 Å². The van der Waals surface area contributed by atoms with Crippen molar-refractivity contribution in [2.24, 2.45) is 0 Å². The average molecular weight is 250 g/mol. The van der Waals surface area contributed by atoms with Gasteiger partial charge in [0.2, 0.25) is 0 Å². The Hall–Kier alpha value is -2.55. The van der Waals surface area contributed by atoms with E-state index >= 15 is 0 Å². The van der Waals surface area contributed by atoms with Crippen molar-refractivity contribution in [1.29, 1.82) is 0 Å². The molecular formula is C12H11FN2O3. The van der Waals surface area contributed by atoms with Crippen LogP contribution >= 0.6 is 0 Å². The van der Waals surface area contributed by atoms with Crippen LogP contribution < -0.4 is 10.6 Å². The van der Waals surface area contributed by atoms with Gasteiger partial charge in [-0.05, 0) is 19.1 Å². The molecule has 0 saturated carbocycles. The number of carbonyl (C=O) groups is 2. The van der Waals surface area contributed by atoms with Gasteiger partial charge in [-0.25, -0.2) is 14.0 Å². The van der Waals surface area contributed by atoms with Gasteiger partial charge in [0.1, 0.15) is 11.4 Å². The van der Waals surface area contributed by atoms with Crippen LogP contribution in [-0.2, 0) is 0 Å². The van der Waals surface area contributed by atoms with Crippen LogP contribution in [0.4, 0.5) is 14.9 Å². The third kappa shape index (κ3) is 3.49. The molecule has 5 nitrogen and oxygen atoms in total. The predicted molar refractivity (Wildman–Crippen MR) is 63.8 cm³/mol. The fourth-order valence-electron chi connectivity index (χ4n) is 1.23. The van der Waals surface area contributed by atoms with E-state index in [1.165, 1.54) is 12.1 Å². The second kappa shape index (κ2) is 6.25. The van der Waals surface area contributed by atoms with E-state index in [2.05, 4.69) is 22.5 Å². The van der Waals surface area contributed by atoms with Crippen LogP contribution in [-0.4, -0.2) is 23.7 Å². The zero-order valence-electron chi connectivity index (χ0n) is 9.58. The van der Waals surface area contributed by atoms with E-state index in [-0.39, 0.29) is 12.2 Å². The molecule has 0 aliphatic carbocycles. The largest absolute Gasteiger partial charge is 0.478 e. The molecule has 1 aromatic rings. The summed E-state index contributed by atoms with van der Waals surface area (Å²) in [6.45, 7) is 1.74. The predicted octanol–water partition coefficient (Wildman–Crippen LogP) is 1.67. The van der Waals surface area contributed by atoms with Gasteiger partial charge in [-0.3, -0.25) is 0 Å². The number of aromatic carboxylic acids is 1. The maximum absolute atomic E-state index is 13.3. The molecule has 0 aliphatic rings. The molecular weight excluding hydrogens is 239 g/mol. The standard InChI is InChI=1S/C12H11FN2O3/c1-2-3-7-14-12(18)15-9-6-4-5-8(13)10(9)11(16)17/h4-6H,7H2,1H3,(H,16,17)(H2,14,15,18). The highest BCUT2D eigenvalue weighted by Crippen LogP contribution is 2.18. The summed E-state index contributed by atoms with van der Waals surface area (Å²) in [4.78, 5) is 22.2. The Labute approximate surface area is 103 Å². The fraction of sp³-hybridized carbons (Fsp3) is 0.167. The summed E-state index contributed by atoms with van der Waals surface area (Å²) >= 11 is 0. The Balaban J connectivity index is 2.83. The number of carboxylic acid groups (broad SMARTS) is 1. The zero-order valence-corrected chi connectivity index (χ0v) is 9.58. The minimum absolute atomic E-state index is 0.107. The highest BCUT2D eigenvalue weighted by molar-refractivity contribution is 6.00. The molecule has 2 amide bonds. The molecule has 0 aromatic heterocycles. The Morgan fingerprint density at radius 3 is 2.78 bits per heavy atom. The van der Waals surface area contributed by atoms with Crippen molar-refractivity contribution in [2.45, 2.75) is 6.92 Å². The van der Waals surface area contributed by atoms with Gasteiger partial charge in [0.15, 0.2) is 0 Å². The van der Waals surface area contributed by atoms with E-state index in [0.717, 1.165) is 6.07 Å². The lowest BCUT2D eigenvalue weighted by molar-refractivity contribution is 0.0693. The minimum atomic E-state index is -1.45. The van der Waals surface area contributed by atoms with Crippen LogP contribution in [0.15, 0.2) is 18.2 Å². The molecule has 0 atom stereocenters. The number of carboxylic acids is 1. The maximum Gasteiger partial charge on any atom is 0.340 e. The van der Waals surface area contributed by atoms with Gasteiger partial charge in [-0.15, -0.1) is 5.92 Å². The summed E-state index contributed by atoms with van der Waals surface area (Å²) in [6, 6.07) is 2.97. The highest BCUT2D eigenvalue weighted by atomic mass is 19.1. The first-order valence-corrected chi connectivity index (χ1v) is 5.02. The number of carbonyl (C=O) groups excluding carboxylic acids is 1. The smallest absolute Gasteiger partial charge is 0.340 e. The fourth-order valence-corrected chi connectivity index (χ4v) is 1.23. The van der Waals surface area contributed by atoms with Gasteiger partial charge < -0.3 is 15.7 Å². The molecule has 0 heterocycles. The quantitative estimate of drug-likeness (QED) is 0.714. The lowest BCUT2D eigenvalue weighted by Crippen LogP contribution is -2.29. The first-order chi connectivity index (χ1) is 8.56. The summed E-state index contributed by atoms with van der Waals surface area (Å²) in [6.07, 6.45) is 0. The van der Waals surface area contributed by atoms with E-state index in [1.54, 1.807) is 6.92 Å². The number of nitrogens with one attached hydrogen (secondary N) is 2. The summed E-state index contributed by atoms with van der Waals surface area (Å²) in [5.74, 6) is 2.82.